The number of rotatable bonds is 2. The van der Waals surface area contributed by atoms with Crippen LogP contribution in [0.5, 0.6) is 5.75 Å². The minimum atomic E-state index is -0.343. The summed E-state index contributed by atoms with van der Waals surface area (Å²) in [6, 6.07) is 5.46. The Hall–Kier alpha value is -1.51. The van der Waals surface area contributed by atoms with Gasteiger partial charge in [-0.1, -0.05) is 20.8 Å². The summed E-state index contributed by atoms with van der Waals surface area (Å²) >= 11 is 0. The lowest BCUT2D eigenvalue weighted by Gasteiger charge is -2.20. The van der Waals surface area contributed by atoms with E-state index in [0.717, 1.165) is 5.56 Å². The molecule has 0 bridgehead atoms. The van der Waals surface area contributed by atoms with Crippen LogP contribution in [0.25, 0.3) is 0 Å². The molecule has 0 aliphatic heterocycles. The monoisotopic (exact) mass is 222 g/mol. The quantitative estimate of drug-likeness (QED) is 0.722. The van der Waals surface area contributed by atoms with Gasteiger partial charge in [-0.2, -0.15) is 0 Å². The highest BCUT2D eigenvalue weighted by Gasteiger charge is 2.18. The van der Waals surface area contributed by atoms with Crippen molar-refractivity contribution in [1.29, 1.82) is 0 Å². The second-order valence-electron chi connectivity index (χ2n) is 4.69. The van der Waals surface area contributed by atoms with Crippen molar-refractivity contribution in [2.45, 2.75) is 26.2 Å². The van der Waals surface area contributed by atoms with Crippen LogP contribution >= 0.6 is 0 Å². The van der Waals surface area contributed by atoms with E-state index in [0.29, 0.717) is 11.3 Å². The molecule has 0 spiro atoms. The smallest absolute Gasteiger partial charge is 0.337 e. The first-order valence-electron chi connectivity index (χ1n) is 5.16. The standard InChI is InChI=1S/C13H18O3/c1-13(2,3)10-6-9(12(14)16-5)7-11(8-10)15-4/h6-8H,1-5H3. The fourth-order valence-electron chi connectivity index (χ4n) is 1.39. The number of methoxy groups -OCH3 is 2. The van der Waals surface area contributed by atoms with E-state index in [-0.39, 0.29) is 11.4 Å². The third kappa shape index (κ3) is 2.75. The number of hydrogen-bond acceptors (Lipinski definition) is 3. The van der Waals surface area contributed by atoms with Gasteiger partial charge in [-0.3, -0.25) is 0 Å². The average Bonchev–Trinajstić information content (AvgIpc) is 2.26. The zero-order valence-corrected chi connectivity index (χ0v) is 10.5. The van der Waals surface area contributed by atoms with Crippen molar-refractivity contribution in [1.82, 2.24) is 0 Å². The van der Waals surface area contributed by atoms with Crippen LogP contribution in [0.3, 0.4) is 0 Å². The maximum Gasteiger partial charge on any atom is 0.337 e. The van der Waals surface area contributed by atoms with Gasteiger partial charge >= 0.3 is 5.97 Å². The minimum absolute atomic E-state index is 0.0304. The molecule has 0 N–H and O–H groups in total. The van der Waals surface area contributed by atoms with Crippen LogP contribution in [-0.4, -0.2) is 20.2 Å². The molecule has 0 saturated heterocycles. The molecule has 0 heterocycles. The number of carbonyl (C=O) groups is 1. The Labute approximate surface area is 96.4 Å². The molecule has 0 atom stereocenters. The van der Waals surface area contributed by atoms with Crippen LogP contribution in [-0.2, 0) is 10.2 Å². The topological polar surface area (TPSA) is 35.5 Å². The number of hydrogen-bond donors (Lipinski definition) is 0. The Morgan fingerprint density at radius 1 is 1.12 bits per heavy atom. The van der Waals surface area contributed by atoms with Gasteiger partial charge in [0.25, 0.3) is 0 Å². The lowest BCUT2D eigenvalue weighted by molar-refractivity contribution is 0.0600. The summed E-state index contributed by atoms with van der Waals surface area (Å²) in [5.41, 5.74) is 1.54. The number of carbonyl (C=O) groups excluding carboxylic acids is 1. The maximum atomic E-state index is 11.5. The molecule has 1 aromatic carbocycles. The van der Waals surface area contributed by atoms with E-state index in [1.54, 1.807) is 13.2 Å². The zero-order chi connectivity index (χ0) is 12.3. The second kappa shape index (κ2) is 4.56. The van der Waals surface area contributed by atoms with Gasteiger partial charge < -0.3 is 9.47 Å². The van der Waals surface area contributed by atoms with Gasteiger partial charge in [-0.05, 0) is 29.2 Å². The fourth-order valence-corrected chi connectivity index (χ4v) is 1.39. The molecule has 3 heteroatoms. The molecule has 0 unspecified atom stereocenters. The minimum Gasteiger partial charge on any atom is -0.497 e. The van der Waals surface area contributed by atoms with Crippen LogP contribution in [0, 0.1) is 0 Å². The van der Waals surface area contributed by atoms with Crippen molar-refractivity contribution in [2.75, 3.05) is 14.2 Å². The first kappa shape index (κ1) is 12.6. The van der Waals surface area contributed by atoms with Crippen molar-refractivity contribution in [3.63, 3.8) is 0 Å². The summed E-state index contributed by atoms with van der Waals surface area (Å²) in [5, 5.41) is 0. The van der Waals surface area contributed by atoms with E-state index in [2.05, 4.69) is 20.8 Å². The Morgan fingerprint density at radius 3 is 2.19 bits per heavy atom. The summed E-state index contributed by atoms with van der Waals surface area (Å²) in [6.45, 7) is 6.26. The third-order valence-electron chi connectivity index (χ3n) is 2.43. The Balaban J connectivity index is 3.27. The van der Waals surface area contributed by atoms with Crippen LogP contribution < -0.4 is 4.74 Å². The predicted molar refractivity (Wildman–Crippen MR) is 63.0 cm³/mol. The van der Waals surface area contributed by atoms with E-state index in [9.17, 15) is 4.79 Å². The highest BCUT2D eigenvalue weighted by molar-refractivity contribution is 5.90. The lowest BCUT2D eigenvalue weighted by Crippen LogP contribution is -2.13. The van der Waals surface area contributed by atoms with E-state index in [4.69, 9.17) is 9.47 Å². The summed E-state index contributed by atoms with van der Waals surface area (Å²) in [7, 11) is 2.96. The molecule has 0 aliphatic carbocycles. The van der Waals surface area contributed by atoms with Crippen molar-refractivity contribution >= 4 is 5.97 Å². The zero-order valence-electron chi connectivity index (χ0n) is 10.5. The molecule has 3 nitrogen and oxygen atoms in total. The van der Waals surface area contributed by atoms with E-state index >= 15 is 0 Å². The third-order valence-corrected chi connectivity index (χ3v) is 2.43. The van der Waals surface area contributed by atoms with E-state index in [1.165, 1.54) is 7.11 Å². The highest BCUT2D eigenvalue weighted by Crippen LogP contribution is 2.27. The van der Waals surface area contributed by atoms with Crippen molar-refractivity contribution in [3.8, 4) is 5.75 Å². The largest absolute Gasteiger partial charge is 0.497 e. The number of ether oxygens (including phenoxy) is 2. The molecular formula is C13H18O3. The molecule has 0 saturated carbocycles. The Morgan fingerprint density at radius 2 is 1.75 bits per heavy atom. The van der Waals surface area contributed by atoms with Crippen molar-refractivity contribution in [3.05, 3.63) is 29.3 Å². The summed E-state index contributed by atoms with van der Waals surface area (Å²) in [5.74, 6) is 0.331. The maximum absolute atomic E-state index is 11.5. The summed E-state index contributed by atoms with van der Waals surface area (Å²) in [6.07, 6.45) is 0. The van der Waals surface area contributed by atoms with Gasteiger partial charge in [0.05, 0.1) is 19.8 Å². The molecule has 88 valence electrons. The molecule has 0 aliphatic rings. The van der Waals surface area contributed by atoms with Crippen LogP contribution in [0.2, 0.25) is 0 Å². The van der Waals surface area contributed by atoms with E-state index in [1.807, 2.05) is 12.1 Å². The SMILES string of the molecule is COC(=O)c1cc(OC)cc(C(C)(C)C)c1. The van der Waals surface area contributed by atoms with Gasteiger partial charge in [0.1, 0.15) is 5.75 Å². The van der Waals surface area contributed by atoms with Crippen molar-refractivity contribution < 1.29 is 14.3 Å². The van der Waals surface area contributed by atoms with Crippen LogP contribution in [0.4, 0.5) is 0 Å². The molecule has 0 fully saturated rings. The normalized spacial score (nSPS) is 11.1. The second-order valence-corrected chi connectivity index (χ2v) is 4.69. The van der Waals surface area contributed by atoms with Gasteiger partial charge in [-0.25, -0.2) is 4.79 Å². The molecule has 16 heavy (non-hydrogen) atoms. The fraction of sp³-hybridized carbons (Fsp3) is 0.462. The molecule has 1 aromatic rings. The molecular weight excluding hydrogens is 204 g/mol. The number of benzene rings is 1. The summed E-state index contributed by atoms with van der Waals surface area (Å²) < 4.78 is 9.89. The van der Waals surface area contributed by atoms with Crippen molar-refractivity contribution in [2.24, 2.45) is 0 Å². The lowest BCUT2D eigenvalue weighted by atomic mass is 9.86. The molecule has 1 rings (SSSR count). The van der Waals surface area contributed by atoms with Gasteiger partial charge in [0.2, 0.25) is 0 Å². The Kier molecular flexibility index (Phi) is 3.58. The van der Waals surface area contributed by atoms with Crippen LogP contribution in [0.1, 0.15) is 36.7 Å². The molecule has 0 amide bonds. The average molecular weight is 222 g/mol. The van der Waals surface area contributed by atoms with E-state index < -0.39 is 0 Å². The Bertz CT molecular complexity index is 389. The van der Waals surface area contributed by atoms with Gasteiger partial charge in [-0.15, -0.1) is 0 Å². The summed E-state index contributed by atoms with van der Waals surface area (Å²) in [4.78, 5) is 11.5. The molecule has 0 aromatic heterocycles. The van der Waals surface area contributed by atoms with Gasteiger partial charge in [0.15, 0.2) is 0 Å². The number of esters is 1. The van der Waals surface area contributed by atoms with Crippen LogP contribution in [0.15, 0.2) is 18.2 Å². The predicted octanol–water partition coefficient (Wildman–Crippen LogP) is 2.78. The highest BCUT2D eigenvalue weighted by atomic mass is 16.5. The van der Waals surface area contributed by atoms with Gasteiger partial charge in [0, 0.05) is 0 Å². The first-order chi connectivity index (χ1) is 7.38. The molecule has 0 radical (unpaired) electrons. The first-order valence-corrected chi connectivity index (χ1v) is 5.16.